The minimum atomic E-state index is -0.619. The summed E-state index contributed by atoms with van der Waals surface area (Å²) in [4.78, 5) is 0. The van der Waals surface area contributed by atoms with Gasteiger partial charge in [-0.1, -0.05) is 26.6 Å². The molecule has 0 aromatic rings. The number of allylic oxidation sites excluding steroid dienone is 1. The summed E-state index contributed by atoms with van der Waals surface area (Å²) in [5, 5.41) is 0. The first-order valence-electron chi connectivity index (χ1n) is 5.10. The zero-order valence-electron chi connectivity index (χ0n) is 11.0. The van der Waals surface area contributed by atoms with Crippen LogP contribution in [0.3, 0.4) is 0 Å². The molecule has 92 valence electrons. The van der Waals surface area contributed by atoms with Crippen molar-refractivity contribution in [2.24, 2.45) is 0 Å². The Morgan fingerprint density at radius 1 is 1.40 bits per heavy atom. The van der Waals surface area contributed by atoms with Crippen molar-refractivity contribution in [1.82, 2.24) is 0 Å². The molecule has 0 unspecified atom stereocenters. The van der Waals surface area contributed by atoms with Crippen molar-refractivity contribution in [1.29, 1.82) is 0 Å². The number of hydrogen-bond acceptors (Lipinski definition) is 2. The van der Waals surface area contributed by atoms with E-state index >= 15 is 0 Å². The van der Waals surface area contributed by atoms with E-state index in [1.807, 2.05) is 10.8 Å². The van der Waals surface area contributed by atoms with E-state index in [0.29, 0.717) is 0 Å². The predicted octanol–water partition coefficient (Wildman–Crippen LogP) is 3.26. The fourth-order valence-electron chi connectivity index (χ4n) is 1.18. The Labute approximate surface area is 101 Å². The van der Waals surface area contributed by atoms with Crippen LogP contribution in [-0.2, 0) is 4.74 Å². The minimum Gasteiger partial charge on any atom is -0.502 e. The molecule has 0 atom stereocenters. The SMILES string of the molecule is C=C(CCC[N+](C)(C)S(C)(C)SC)OC. The van der Waals surface area contributed by atoms with Crippen LogP contribution < -0.4 is 0 Å². The van der Waals surface area contributed by atoms with Crippen molar-refractivity contribution >= 4 is 20.0 Å². The summed E-state index contributed by atoms with van der Waals surface area (Å²) in [6, 6.07) is 0. The van der Waals surface area contributed by atoms with Crippen LogP contribution in [0.4, 0.5) is 0 Å². The van der Waals surface area contributed by atoms with Gasteiger partial charge in [0.05, 0.1) is 33.5 Å². The van der Waals surface area contributed by atoms with Gasteiger partial charge in [0.15, 0.2) is 0 Å². The Balaban J connectivity index is 4.10. The maximum absolute atomic E-state index is 5.08. The lowest BCUT2D eigenvalue weighted by Gasteiger charge is -2.47. The summed E-state index contributed by atoms with van der Waals surface area (Å²) in [6.07, 6.45) is 9.09. The van der Waals surface area contributed by atoms with E-state index in [2.05, 4.69) is 39.4 Å². The van der Waals surface area contributed by atoms with Gasteiger partial charge in [0.25, 0.3) is 0 Å². The maximum Gasteiger partial charge on any atom is 0.0886 e. The monoisotopic (exact) mass is 252 g/mol. The molecule has 0 radical (unpaired) electrons. The molecule has 0 saturated carbocycles. The standard InChI is InChI=1S/C11H26NOS2/c1-11(13-4)9-8-10-12(2,3)15(6,7)14-5/h1,8-10H2,2-7H3/q+1. The topological polar surface area (TPSA) is 9.23 Å². The van der Waals surface area contributed by atoms with Gasteiger partial charge in [-0.3, -0.25) is 3.89 Å². The Bertz CT molecular complexity index is 215. The van der Waals surface area contributed by atoms with Crippen LogP contribution in [0.15, 0.2) is 12.3 Å². The number of hydrogen-bond donors (Lipinski definition) is 0. The molecule has 0 aliphatic rings. The second kappa shape index (κ2) is 6.06. The highest BCUT2D eigenvalue weighted by molar-refractivity contribution is 8.91. The molecule has 0 rings (SSSR count). The fourth-order valence-corrected chi connectivity index (χ4v) is 3.59. The molecule has 0 amide bonds. The lowest BCUT2D eigenvalue weighted by molar-refractivity contribution is -0.755. The quantitative estimate of drug-likeness (QED) is 0.391. The van der Waals surface area contributed by atoms with Crippen LogP contribution in [0.1, 0.15) is 12.8 Å². The zero-order valence-corrected chi connectivity index (χ0v) is 12.6. The second-order valence-electron chi connectivity index (χ2n) is 4.49. The highest BCUT2D eigenvalue weighted by atomic mass is 33.2. The number of quaternary nitrogens is 1. The number of rotatable bonds is 7. The van der Waals surface area contributed by atoms with Gasteiger partial charge in [-0.05, 0) is 6.26 Å². The first-order chi connectivity index (χ1) is 6.77. The molecule has 0 aromatic heterocycles. The van der Waals surface area contributed by atoms with Gasteiger partial charge >= 0.3 is 0 Å². The van der Waals surface area contributed by atoms with Crippen molar-refractivity contribution in [3.63, 3.8) is 0 Å². The summed E-state index contributed by atoms with van der Waals surface area (Å²) in [5.74, 6) is 0.895. The maximum atomic E-state index is 5.08. The predicted molar refractivity (Wildman–Crippen MR) is 75.3 cm³/mol. The largest absolute Gasteiger partial charge is 0.502 e. The summed E-state index contributed by atoms with van der Waals surface area (Å²) >= 11 is 0. The van der Waals surface area contributed by atoms with Gasteiger partial charge in [-0.15, -0.1) is 0 Å². The van der Waals surface area contributed by atoms with Crippen LogP contribution in [0, 0.1) is 0 Å². The first kappa shape index (κ1) is 15.2. The molecule has 0 aliphatic heterocycles. The molecule has 0 N–H and O–H groups in total. The van der Waals surface area contributed by atoms with Crippen LogP contribution >= 0.6 is 20.0 Å². The van der Waals surface area contributed by atoms with E-state index in [1.165, 1.54) is 6.54 Å². The highest BCUT2D eigenvalue weighted by Crippen LogP contribution is 2.58. The normalized spacial score (nSPS) is 13.7. The molecule has 0 heterocycles. The first-order valence-corrected chi connectivity index (χ1v) is 9.25. The number of ether oxygens (including phenoxy) is 1. The van der Waals surface area contributed by atoms with Crippen LogP contribution in [0.2, 0.25) is 0 Å². The van der Waals surface area contributed by atoms with E-state index in [1.54, 1.807) is 7.11 Å². The molecular weight excluding hydrogens is 226 g/mol. The fraction of sp³-hybridized carbons (Fsp3) is 0.818. The van der Waals surface area contributed by atoms with E-state index in [-0.39, 0.29) is 0 Å². The third-order valence-electron chi connectivity index (χ3n) is 3.04. The van der Waals surface area contributed by atoms with Crippen molar-refractivity contribution in [3.05, 3.63) is 12.3 Å². The summed E-state index contributed by atoms with van der Waals surface area (Å²) in [7, 11) is 7.72. The molecule has 15 heavy (non-hydrogen) atoms. The van der Waals surface area contributed by atoms with Crippen molar-refractivity contribution in [2.45, 2.75) is 12.8 Å². The van der Waals surface area contributed by atoms with E-state index in [4.69, 9.17) is 4.74 Å². The average molecular weight is 252 g/mol. The molecular formula is C11H26NOS2+. The number of nitrogens with zero attached hydrogens (tertiary/aromatic N) is 1. The molecule has 0 bridgehead atoms. The zero-order chi connectivity index (χ0) is 12.1. The summed E-state index contributed by atoms with van der Waals surface area (Å²) in [5.41, 5.74) is 0. The lowest BCUT2D eigenvalue weighted by atomic mass is 10.3. The molecule has 0 spiro atoms. The van der Waals surface area contributed by atoms with E-state index in [9.17, 15) is 0 Å². The molecule has 0 aliphatic carbocycles. The van der Waals surface area contributed by atoms with Crippen molar-refractivity contribution < 1.29 is 8.63 Å². The number of methoxy groups -OCH3 is 1. The van der Waals surface area contributed by atoms with Gasteiger partial charge in [-0.25, -0.2) is 0 Å². The Morgan fingerprint density at radius 2 is 1.93 bits per heavy atom. The molecule has 4 heteroatoms. The smallest absolute Gasteiger partial charge is 0.0886 e. The van der Waals surface area contributed by atoms with Gasteiger partial charge in [0, 0.05) is 25.4 Å². The van der Waals surface area contributed by atoms with E-state index in [0.717, 1.165) is 22.5 Å². The molecule has 0 fully saturated rings. The van der Waals surface area contributed by atoms with Crippen LogP contribution in [0.5, 0.6) is 0 Å². The Hall–Kier alpha value is 0.200. The lowest BCUT2D eigenvalue weighted by Crippen LogP contribution is -2.40. The second-order valence-corrected chi connectivity index (χ2v) is 11.6. The third-order valence-corrected chi connectivity index (χ3v) is 10.1. The Morgan fingerprint density at radius 3 is 2.33 bits per heavy atom. The van der Waals surface area contributed by atoms with Crippen molar-refractivity contribution in [2.75, 3.05) is 46.5 Å². The molecule has 2 nitrogen and oxygen atoms in total. The Kier molecular flexibility index (Phi) is 6.14. The van der Waals surface area contributed by atoms with Crippen molar-refractivity contribution in [3.8, 4) is 0 Å². The van der Waals surface area contributed by atoms with Gasteiger partial charge in [-0.2, -0.15) is 0 Å². The summed E-state index contributed by atoms with van der Waals surface area (Å²) in [6.45, 7) is 5.03. The van der Waals surface area contributed by atoms with Crippen LogP contribution in [0.25, 0.3) is 0 Å². The van der Waals surface area contributed by atoms with Gasteiger partial charge in [0.1, 0.15) is 0 Å². The molecule has 0 saturated heterocycles. The van der Waals surface area contributed by atoms with E-state index < -0.39 is 9.25 Å². The van der Waals surface area contributed by atoms with Crippen LogP contribution in [-0.4, -0.2) is 50.4 Å². The highest BCUT2D eigenvalue weighted by Gasteiger charge is 2.30. The molecule has 0 aromatic carbocycles. The minimum absolute atomic E-state index is 0.619. The third kappa shape index (κ3) is 4.70. The summed E-state index contributed by atoms with van der Waals surface area (Å²) < 4.78 is 6.18. The van der Waals surface area contributed by atoms with Gasteiger partial charge < -0.3 is 4.74 Å². The van der Waals surface area contributed by atoms with Gasteiger partial charge in [0.2, 0.25) is 0 Å². The average Bonchev–Trinajstić information content (AvgIpc) is 2.16.